The summed E-state index contributed by atoms with van der Waals surface area (Å²) in [6.45, 7) is 2.43. The molecule has 2 aromatic rings. The Morgan fingerprint density at radius 2 is 2.10 bits per heavy atom. The second-order valence-electron chi connectivity index (χ2n) is 5.19. The molecule has 0 saturated carbocycles. The van der Waals surface area contributed by atoms with Gasteiger partial charge in [-0.05, 0) is 48.2 Å². The van der Waals surface area contributed by atoms with E-state index in [0.717, 1.165) is 17.7 Å². The van der Waals surface area contributed by atoms with Crippen molar-refractivity contribution in [2.24, 2.45) is 0 Å². The number of aromatic carboxylic acids is 1. The van der Waals surface area contributed by atoms with Crippen LogP contribution >= 0.6 is 0 Å². The van der Waals surface area contributed by atoms with Crippen LogP contribution in [0.5, 0.6) is 5.75 Å². The number of aryl methyl sites for hydroxylation is 1. The van der Waals surface area contributed by atoms with E-state index >= 15 is 0 Å². The second kappa shape index (κ2) is 5.00. The number of ether oxygens (including phenoxy) is 1. The highest BCUT2D eigenvalue weighted by atomic mass is 16.5. The first-order valence-electron chi connectivity index (χ1n) is 6.69. The molecule has 0 spiro atoms. The molecule has 0 aromatic heterocycles. The van der Waals surface area contributed by atoms with E-state index in [9.17, 15) is 4.79 Å². The summed E-state index contributed by atoms with van der Waals surface area (Å²) in [5.74, 6) is 0.282. The van der Waals surface area contributed by atoms with Crippen LogP contribution in [0.4, 0.5) is 0 Å². The molecule has 0 radical (unpaired) electrons. The van der Waals surface area contributed by atoms with E-state index in [-0.39, 0.29) is 0 Å². The minimum absolute atomic E-state index is 0.325. The highest BCUT2D eigenvalue weighted by Gasteiger charge is 2.25. The zero-order valence-electron chi connectivity index (χ0n) is 11.3. The molecule has 3 nitrogen and oxygen atoms in total. The Kier molecular flexibility index (Phi) is 3.18. The molecule has 20 heavy (non-hydrogen) atoms. The van der Waals surface area contributed by atoms with Crippen LogP contribution in [-0.2, 0) is 6.42 Å². The van der Waals surface area contributed by atoms with Gasteiger partial charge in [0.1, 0.15) is 5.75 Å². The average molecular weight is 268 g/mol. The van der Waals surface area contributed by atoms with Gasteiger partial charge in [-0.1, -0.05) is 24.3 Å². The number of rotatable bonds is 4. The van der Waals surface area contributed by atoms with Crippen molar-refractivity contribution >= 4 is 5.97 Å². The summed E-state index contributed by atoms with van der Waals surface area (Å²) in [6, 6.07) is 13.5. The molecular weight excluding hydrogens is 252 g/mol. The molecule has 1 aliphatic rings. The lowest BCUT2D eigenvalue weighted by molar-refractivity contribution is 0.0696. The van der Waals surface area contributed by atoms with Gasteiger partial charge in [0.2, 0.25) is 0 Å². The first-order chi connectivity index (χ1) is 9.65. The van der Waals surface area contributed by atoms with Crippen LogP contribution in [0.15, 0.2) is 42.5 Å². The minimum atomic E-state index is -0.901. The van der Waals surface area contributed by atoms with E-state index in [0.29, 0.717) is 18.1 Å². The summed E-state index contributed by atoms with van der Waals surface area (Å²) in [4.78, 5) is 11.0. The first-order valence-corrected chi connectivity index (χ1v) is 6.69. The third kappa shape index (κ3) is 2.27. The molecule has 1 unspecified atom stereocenters. The fraction of sp³-hybridized carbons (Fsp3) is 0.235. The lowest BCUT2D eigenvalue weighted by atomic mass is 9.78. The smallest absolute Gasteiger partial charge is 0.335 e. The number of carboxylic acid groups (broad SMARTS) is 1. The lowest BCUT2D eigenvalue weighted by Crippen LogP contribution is -2.23. The third-order valence-electron chi connectivity index (χ3n) is 3.84. The van der Waals surface area contributed by atoms with Crippen molar-refractivity contribution < 1.29 is 14.6 Å². The lowest BCUT2D eigenvalue weighted by Gasteiger charge is -2.29. The monoisotopic (exact) mass is 268 g/mol. The van der Waals surface area contributed by atoms with Crippen molar-refractivity contribution in [3.8, 4) is 5.75 Å². The number of carbonyl (C=O) groups is 1. The third-order valence-corrected chi connectivity index (χ3v) is 3.84. The van der Waals surface area contributed by atoms with Crippen molar-refractivity contribution in [1.29, 1.82) is 0 Å². The largest absolute Gasteiger partial charge is 0.493 e. The second-order valence-corrected chi connectivity index (χ2v) is 5.19. The average Bonchev–Trinajstić information content (AvgIpc) is 2.39. The number of carboxylic acids is 1. The van der Waals surface area contributed by atoms with Gasteiger partial charge in [0, 0.05) is 5.92 Å². The molecule has 0 amide bonds. The Morgan fingerprint density at radius 3 is 2.80 bits per heavy atom. The first kappa shape index (κ1) is 12.7. The van der Waals surface area contributed by atoms with Crippen molar-refractivity contribution in [3.05, 3.63) is 64.7 Å². The van der Waals surface area contributed by atoms with E-state index in [2.05, 4.69) is 24.3 Å². The number of fused-ring (bicyclic) bond motifs is 1. The van der Waals surface area contributed by atoms with Crippen molar-refractivity contribution in [2.75, 3.05) is 6.61 Å². The summed E-state index contributed by atoms with van der Waals surface area (Å²) < 4.78 is 5.79. The van der Waals surface area contributed by atoms with Gasteiger partial charge in [-0.25, -0.2) is 4.79 Å². The zero-order chi connectivity index (χ0) is 14.1. The highest BCUT2D eigenvalue weighted by molar-refractivity contribution is 5.89. The molecule has 0 heterocycles. The fourth-order valence-corrected chi connectivity index (χ4v) is 2.67. The maximum absolute atomic E-state index is 11.0. The number of benzene rings is 2. The molecule has 2 aromatic carbocycles. The van der Waals surface area contributed by atoms with Gasteiger partial charge < -0.3 is 9.84 Å². The van der Waals surface area contributed by atoms with Crippen LogP contribution in [0.25, 0.3) is 0 Å². The Morgan fingerprint density at radius 1 is 1.30 bits per heavy atom. The Labute approximate surface area is 117 Å². The number of hydrogen-bond donors (Lipinski definition) is 1. The van der Waals surface area contributed by atoms with E-state index in [1.54, 1.807) is 25.1 Å². The molecule has 0 aliphatic heterocycles. The maximum atomic E-state index is 11.0. The van der Waals surface area contributed by atoms with Gasteiger partial charge in [0.05, 0.1) is 12.2 Å². The predicted molar refractivity (Wildman–Crippen MR) is 76.5 cm³/mol. The molecule has 0 bridgehead atoms. The topological polar surface area (TPSA) is 46.5 Å². The SMILES string of the molecule is Cc1cc(OCC2Cc3ccccc32)ccc1C(=O)O. The van der Waals surface area contributed by atoms with E-state index < -0.39 is 5.97 Å². The summed E-state index contributed by atoms with van der Waals surface area (Å²) in [5, 5.41) is 8.99. The molecule has 0 saturated heterocycles. The normalized spacial score (nSPS) is 16.1. The van der Waals surface area contributed by atoms with Gasteiger partial charge in [-0.3, -0.25) is 0 Å². The molecule has 0 fully saturated rings. The molecule has 1 N–H and O–H groups in total. The quantitative estimate of drug-likeness (QED) is 0.924. The molecular formula is C17H16O3. The molecule has 3 heteroatoms. The molecule has 3 rings (SSSR count). The standard InChI is InChI=1S/C17H16O3/c1-11-8-14(6-7-15(11)17(18)19)20-10-13-9-12-4-2-3-5-16(12)13/h2-8,13H,9-10H2,1H3,(H,18,19). The summed E-state index contributed by atoms with van der Waals surface area (Å²) >= 11 is 0. The van der Waals surface area contributed by atoms with Gasteiger partial charge in [-0.2, -0.15) is 0 Å². The van der Waals surface area contributed by atoms with Gasteiger partial charge >= 0.3 is 5.97 Å². The Hall–Kier alpha value is -2.29. The van der Waals surface area contributed by atoms with Crippen molar-refractivity contribution in [3.63, 3.8) is 0 Å². The van der Waals surface area contributed by atoms with Crippen LogP contribution < -0.4 is 4.74 Å². The van der Waals surface area contributed by atoms with Gasteiger partial charge in [-0.15, -0.1) is 0 Å². The Bertz CT molecular complexity index is 661. The summed E-state index contributed by atoms with van der Waals surface area (Å²) in [7, 11) is 0. The molecule has 102 valence electrons. The molecule has 1 aliphatic carbocycles. The van der Waals surface area contributed by atoms with Crippen LogP contribution in [0, 0.1) is 6.92 Å². The van der Waals surface area contributed by atoms with E-state index in [1.807, 2.05) is 0 Å². The van der Waals surface area contributed by atoms with Crippen molar-refractivity contribution in [1.82, 2.24) is 0 Å². The van der Waals surface area contributed by atoms with E-state index in [1.165, 1.54) is 11.1 Å². The predicted octanol–water partition coefficient (Wildman–Crippen LogP) is 3.41. The minimum Gasteiger partial charge on any atom is -0.493 e. The molecule has 1 atom stereocenters. The van der Waals surface area contributed by atoms with Gasteiger partial charge in [0.15, 0.2) is 0 Å². The summed E-state index contributed by atoms with van der Waals surface area (Å²) in [6.07, 6.45) is 1.06. The van der Waals surface area contributed by atoms with Crippen molar-refractivity contribution in [2.45, 2.75) is 19.3 Å². The zero-order valence-corrected chi connectivity index (χ0v) is 11.3. The van der Waals surface area contributed by atoms with Crippen LogP contribution in [-0.4, -0.2) is 17.7 Å². The van der Waals surface area contributed by atoms with Gasteiger partial charge in [0.25, 0.3) is 0 Å². The summed E-state index contributed by atoms with van der Waals surface area (Å²) in [5.41, 5.74) is 3.82. The van der Waals surface area contributed by atoms with E-state index in [4.69, 9.17) is 9.84 Å². The van der Waals surface area contributed by atoms with Crippen LogP contribution in [0.1, 0.15) is 33.0 Å². The van der Waals surface area contributed by atoms with Crippen LogP contribution in [0.3, 0.4) is 0 Å². The van der Waals surface area contributed by atoms with Crippen LogP contribution in [0.2, 0.25) is 0 Å². The highest BCUT2D eigenvalue weighted by Crippen LogP contribution is 2.35. The number of hydrogen-bond acceptors (Lipinski definition) is 2. The fourth-order valence-electron chi connectivity index (χ4n) is 2.67. The maximum Gasteiger partial charge on any atom is 0.335 e. The Balaban J connectivity index is 1.66.